The molecule has 1 heterocycles. The quantitative estimate of drug-likeness (QED) is 0.596. The van der Waals surface area contributed by atoms with Gasteiger partial charge in [-0.1, -0.05) is 25.5 Å². The summed E-state index contributed by atoms with van der Waals surface area (Å²) >= 11 is 0. The molecule has 0 aliphatic carbocycles. The minimum Gasteiger partial charge on any atom is -0.391 e. The molecular weight excluding hydrogens is 300 g/mol. The Bertz CT molecular complexity index is 698. The number of hydrogen-bond acceptors (Lipinski definition) is 5. The van der Waals surface area contributed by atoms with Crippen molar-refractivity contribution >= 4 is 11.6 Å². The second kappa shape index (κ2) is 7.50. The lowest BCUT2D eigenvalue weighted by atomic mass is 10.2. The van der Waals surface area contributed by atoms with E-state index in [4.69, 9.17) is 0 Å². The fourth-order valence-electron chi connectivity index (χ4n) is 2.13. The summed E-state index contributed by atoms with van der Waals surface area (Å²) in [5, 5.41) is 27.3. The molecule has 0 radical (unpaired) electrons. The lowest BCUT2D eigenvalue weighted by Crippen LogP contribution is -2.32. The molecule has 1 aromatic carbocycles. The van der Waals surface area contributed by atoms with Crippen LogP contribution in [0.25, 0.3) is 5.69 Å². The van der Waals surface area contributed by atoms with Crippen molar-refractivity contribution in [1.29, 1.82) is 0 Å². The van der Waals surface area contributed by atoms with Crippen molar-refractivity contribution in [2.75, 3.05) is 6.54 Å². The van der Waals surface area contributed by atoms with Crippen LogP contribution >= 0.6 is 0 Å². The number of carbonyl (C=O) groups excluding carboxylic acids is 1. The number of nitrogens with zero attached hydrogens (tertiary/aromatic N) is 3. The van der Waals surface area contributed by atoms with Gasteiger partial charge in [0.1, 0.15) is 5.69 Å². The van der Waals surface area contributed by atoms with Crippen molar-refractivity contribution < 1.29 is 14.8 Å². The molecule has 0 saturated carbocycles. The zero-order chi connectivity index (χ0) is 16.8. The number of nitro benzene ring substituents is 1. The van der Waals surface area contributed by atoms with Crippen LogP contribution in [0.5, 0.6) is 0 Å². The second-order valence-corrected chi connectivity index (χ2v) is 5.04. The van der Waals surface area contributed by atoms with Gasteiger partial charge in [0.15, 0.2) is 5.69 Å². The van der Waals surface area contributed by atoms with Gasteiger partial charge in [-0.05, 0) is 18.6 Å². The van der Waals surface area contributed by atoms with Gasteiger partial charge >= 0.3 is 0 Å². The van der Waals surface area contributed by atoms with E-state index in [1.165, 1.54) is 23.0 Å². The Morgan fingerprint density at radius 1 is 1.43 bits per heavy atom. The molecule has 1 amide bonds. The molecule has 8 nitrogen and oxygen atoms in total. The van der Waals surface area contributed by atoms with Crippen LogP contribution in [-0.4, -0.2) is 38.4 Å². The Morgan fingerprint density at radius 2 is 2.17 bits per heavy atom. The summed E-state index contributed by atoms with van der Waals surface area (Å²) in [6, 6.07) is 7.62. The average molecular weight is 318 g/mol. The predicted molar refractivity (Wildman–Crippen MR) is 83.5 cm³/mol. The monoisotopic (exact) mass is 318 g/mol. The van der Waals surface area contributed by atoms with Crippen LogP contribution in [0, 0.1) is 10.1 Å². The molecule has 8 heteroatoms. The number of benzene rings is 1. The third-order valence-corrected chi connectivity index (χ3v) is 3.27. The third kappa shape index (κ3) is 4.13. The molecule has 0 saturated heterocycles. The maximum Gasteiger partial charge on any atom is 0.294 e. The zero-order valence-corrected chi connectivity index (χ0v) is 12.7. The highest BCUT2D eigenvalue weighted by atomic mass is 16.6. The van der Waals surface area contributed by atoms with Gasteiger partial charge in [0, 0.05) is 18.8 Å². The van der Waals surface area contributed by atoms with Gasteiger partial charge in [-0.3, -0.25) is 14.9 Å². The highest BCUT2D eigenvalue weighted by molar-refractivity contribution is 5.92. The number of aliphatic hydroxyl groups is 1. The lowest BCUT2D eigenvalue weighted by Gasteiger charge is -2.09. The van der Waals surface area contributed by atoms with Crippen LogP contribution in [0.3, 0.4) is 0 Å². The topological polar surface area (TPSA) is 110 Å². The Morgan fingerprint density at radius 3 is 2.87 bits per heavy atom. The van der Waals surface area contributed by atoms with Crippen LogP contribution < -0.4 is 5.32 Å². The number of carbonyl (C=O) groups is 1. The highest BCUT2D eigenvalue weighted by Gasteiger charge is 2.17. The van der Waals surface area contributed by atoms with Gasteiger partial charge in [0.25, 0.3) is 11.6 Å². The molecule has 0 spiro atoms. The SMILES string of the molecule is CCCC(O)CNC(=O)c1ccn(-c2ccccc2[N+](=O)[O-])n1. The van der Waals surface area contributed by atoms with E-state index in [2.05, 4.69) is 10.4 Å². The number of hydrogen-bond donors (Lipinski definition) is 2. The Hall–Kier alpha value is -2.74. The van der Waals surface area contributed by atoms with Gasteiger partial charge in [-0.25, -0.2) is 4.68 Å². The van der Waals surface area contributed by atoms with Gasteiger partial charge in [0.2, 0.25) is 0 Å². The summed E-state index contributed by atoms with van der Waals surface area (Å²) in [6.45, 7) is 2.09. The number of aromatic nitrogens is 2. The van der Waals surface area contributed by atoms with E-state index in [1.54, 1.807) is 18.2 Å². The molecule has 0 bridgehead atoms. The van der Waals surface area contributed by atoms with E-state index in [0.29, 0.717) is 6.42 Å². The standard InChI is InChI=1S/C15H18N4O4/c1-2-5-11(20)10-16-15(21)12-8-9-18(17-12)13-6-3-4-7-14(13)19(22)23/h3-4,6-9,11,20H,2,5,10H2,1H3,(H,16,21). The van der Waals surface area contributed by atoms with Gasteiger partial charge < -0.3 is 10.4 Å². The first-order valence-corrected chi connectivity index (χ1v) is 7.28. The van der Waals surface area contributed by atoms with Crippen molar-refractivity contribution in [3.63, 3.8) is 0 Å². The summed E-state index contributed by atoms with van der Waals surface area (Å²) in [5.41, 5.74) is 0.315. The number of nitrogens with one attached hydrogen (secondary N) is 1. The first kappa shape index (κ1) is 16.6. The molecular formula is C15H18N4O4. The van der Waals surface area contributed by atoms with E-state index >= 15 is 0 Å². The Labute approximate surface area is 132 Å². The fourth-order valence-corrected chi connectivity index (χ4v) is 2.13. The second-order valence-electron chi connectivity index (χ2n) is 5.04. The molecule has 1 atom stereocenters. The first-order chi connectivity index (χ1) is 11.0. The third-order valence-electron chi connectivity index (χ3n) is 3.27. The minimum absolute atomic E-state index is 0.0964. The van der Waals surface area contributed by atoms with Crippen LogP contribution in [0.4, 0.5) is 5.69 Å². The summed E-state index contributed by atoms with van der Waals surface area (Å²) in [5.74, 6) is -0.433. The molecule has 23 heavy (non-hydrogen) atoms. The van der Waals surface area contributed by atoms with Crippen molar-refractivity contribution in [2.24, 2.45) is 0 Å². The first-order valence-electron chi connectivity index (χ1n) is 7.28. The molecule has 0 fully saturated rings. The lowest BCUT2D eigenvalue weighted by molar-refractivity contribution is -0.384. The molecule has 1 aromatic heterocycles. The number of nitro groups is 1. The summed E-state index contributed by atoms with van der Waals surface area (Å²) in [4.78, 5) is 22.5. The largest absolute Gasteiger partial charge is 0.391 e. The maximum atomic E-state index is 12.0. The van der Waals surface area contributed by atoms with E-state index in [1.807, 2.05) is 6.92 Å². The van der Waals surface area contributed by atoms with Gasteiger partial charge in [0.05, 0.1) is 11.0 Å². The molecule has 0 aliphatic rings. The molecule has 2 aromatic rings. The van der Waals surface area contributed by atoms with E-state index < -0.39 is 16.9 Å². The molecule has 0 aliphatic heterocycles. The number of amides is 1. The smallest absolute Gasteiger partial charge is 0.294 e. The summed E-state index contributed by atoms with van der Waals surface area (Å²) in [7, 11) is 0. The summed E-state index contributed by atoms with van der Waals surface area (Å²) in [6.07, 6.45) is 2.31. The molecule has 1 unspecified atom stereocenters. The van der Waals surface area contributed by atoms with Crippen molar-refractivity contribution in [1.82, 2.24) is 15.1 Å². The van der Waals surface area contributed by atoms with Crippen molar-refractivity contribution in [2.45, 2.75) is 25.9 Å². The van der Waals surface area contributed by atoms with Crippen molar-refractivity contribution in [3.05, 3.63) is 52.3 Å². The van der Waals surface area contributed by atoms with Crippen molar-refractivity contribution in [3.8, 4) is 5.69 Å². The van der Waals surface area contributed by atoms with E-state index in [9.17, 15) is 20.0 Å². The van der Waals surface area contributed by atoms with Gasteiger partial charge in [-0.2, -0.15) is 5.10 Å². The Balaban J connectivity index is 2.12. The molecule has 2 rings (SSSR count). The van der Waals surface area contributed by atoms with E-state index in [0.717, 1.165) is 6.42 Å². The normalized spacial score (nSPS) is 11.9. The van der Waals surface area contributed by atoms with Crippen LogP contribution in [0.15, 0.2) is 36.5 Å². The number of rotatable bonds is 7. The number of para-hydroxylation sites is 2. The molecule has 122 valence electrons. The van der Waals surface area contributed by atoms with Gasteiger partial charge in [-0.15, -0.1) is 0 Å². The van der Waals surface area contributed by atoms with E-state index in [-0.39, 0.29) is 23.6 Å². The predicted octanol–water partition coefficient (Wildman–Crippen LogP) is 1.67. The summed E-state index contributed by atoms with van der Waals surface area (Å²) < 4.78 is 1.29. The van der Waals surface area contributed by atoms with Crippen LogP contribution in [0.2, 0.25) is 0 Å². The minimum atomic E-state index is -0.596. The van der Waals surface area contributed by atoms with Crippen LogP contribution in [-0.2, 0) is 0 Å². The number of aliphatic hydroxyl groups excluding tert-OH is 1. The van der Waals surface area contributed by atoms with Crippen LogP contribution in [0.1, 0.15) is 30.3 Å². The zero-order valence-electron chi connectivity index (χ0n) is 12.7. The average Bonchev–Trinajstić information content (AvgIpc) is 3.02. The molecule has 2 N–H and O–H groups in total. The highest BCUT2D eigenvalue weighted by Crippen LogP contribution is 2.21. The Kier molecular flexibility index (Phi) is 5.42. The fraction of sp³-hybridized carbons (Fsp3) is 0.333. The maximum absolute atomic E-state index is 12.0.